The van der Waals surface area contributed by atoms with Crippen LogP contribution in [0.15, 0.2) is 36.4 Å². The zero-order valence-electron chi connectivity index (χ0n) is 12.6. The minimum absolute atomic E-state index is 0.367. The molecule has 0 aliphatic heterocycles. The quantitative estimate of drug-likeness (QED) is 0.898. The van der Waals surface area contributed by atoms with Crippen LogP contribution in [0.2, 0.25) is 0 Å². The average molecular weight is 270 g/mol. The summed E-state index contributed by atoms with van der Waals surface area (Å²) >= 11 is 0. The molecule has 1 unspecified atom stereocenters. The second-order valence-electron chi connectivity index (χ2n) is 5.04. The first-order chi connectivity index (χ1) is 9.60. The predicted molar refractivity (Wildman–Crippen MR) is 84.6 cm³/mol. The van der Waals surface area contributed by atoms with Crippen molar-refractivity contribution < 1.29 is 0 Å². The SMILES string of the molecule is CCC(C)Nc1nc(C)cc(N(C)c2ccccc2)n1. The minimum atomic E-state index is 0.367. The molecule has 2 rings (SSSR count). The number of hydrogen-bond donors (Lipinski definition) is 1. The molecule has 0 bridgehead atoms. The highest BCUT2D eigenvalue weighted by Gasteiger charge is 2.09. The summed E-state index contributed by atoms with van der Waals surface area (Å²) in [6.07, 6.45) is 1.04. The second-order valence-corrected chi connectivity index (χ2v) is 5.04. The molecule has 0 saturated heterocycles. The van der Waals surface area contributed by atoms with Crippen molar-refractivity contribution in [2.75, 3.05) is 17.3 Å². The van der Waals surface area contributed by atoms with Gasteiger partial charge < -0.3 is 10.2 Å². The summed E-state index contributed by atoms with van der Waals surface area (Å²) in [6, 6.07) is 12.6. The molecule has 1 aromatic heterocycles. The number of rotatable bonds is 5. The largest absolute Gasteiger partial charge is 0.352 e. The zero-order valence-corrected chi connectivity index (χ0v) is 12.6. The van der Waals surface area contributed by atoms with E-state index in [0.29, 0.717) is 12.0 Å². The lowest BCUT2D eigenvalue weighted by Crippen LogP contribution is -2.18. The summed E-state index contributed by atoms with van der Waals surface area (Å²) in [5.74, 6) is 1.59. The lowest BCUT2D eigenvalue weighted by atomic mass is 10.2. The maximum Gasteiger partial charge on any atom is 0.225 e. The van der Waals surface area contributed by atoms with E-state index in [4.69, 9.17) is 0 Å². The van der Waals surface area contributed by atoms with Gasteiger partial charge in [-0.15, -0.1) is 0 Å². The smallest absolute Gasteiger partial charge is 0.225 e. The molecule has 1 atom stereocenters. The van der Waals surface area contributed by atoms with Gasteiger partial charge in [0.15, 0.2) is 0 Å². The molecular weight excluding hydrogens is 248 g/mol. The number of nitrogens with zero attached hydrogens (tertiary/aromatic N) is 3. The number of aromatic nitrogens is 2. The molecule has 0 spiro atoms. The first kappa shape index (κ1) is 14.3. The first-order valence-corrected chi connectivity index (χ1v) is 7.01. The van der Waals surface area contributed by atoms with Crippen molar-refractivity contribution in [3.8, 4) is 0 Å². The van der Waals surface area contributed by atoms with Crippen LogP contribution in [-0.4, -0.2) is 23.1 Å². The van der Waals surface area contributed by atoms with Crippen molar-refractivity contribution >= 4 is 17.5 Å². The maximum atomic E-state index is 4.60. The van der Waals surface area contributed by atoms with Crippen LogP contribution in [0.3, 0.4) is 0 Å². The van der Waals surface area contributed by atoms with Gasteiger partial charge in [-0.3, -0.25) is 0 Å². The first-order valence-electron chi connectivity index (χ1n) is 7.01. The van der Waals surface area contributed by atoms with Crippen molar-refractivity contribution in [2.45, 2.75) is 33.2 Å². The van der Waals surface area contributed by atoms with E-state index in [1.807, 2.05) is 38.2 Å². The molecule has 0 fully saturated rings. The molecule has 0 aliphatic carbocycles. The Morgan fingerprint density at radius 2 is 1.90 bits per heavy atom. The van der Waals surface area contributed by atoms with Gasteiger partial charge in [0.05, 0.1) is 0 Å². The van der Waals surface area contributed by atoms with Crippen LogP contribution in [0.4, 0.5) is 17.5 Å². The molecule has 4 nitrogen and oxygen atoms in total. The van der Waals surface area contributed by atoms with Gasteiger partial charge in [0, 0.05) is 30.5 Å². The summed E-state index contributed by atoms with van der Waals surface area (Å²) in [5.41, 5.74) is 2.07. The third-order valence-electron chi connectivity index (χ3n) is 3.32. The van der Waals surface area contributed by atoms with Gasteiger partial charge in [-0.05, 0) is 32.4 Å². The molecule has 1 heterocycles. The lowest BCUT2D eigenvalue weighted by molar-refractivity contribution is 0.751. The van der Waals surface area contributed by atoms with Crippen LogP contribution >= 0.6 is 0 Å². The van der Waals surface area contributed by atoms with Crippen molar-refractivity contribution in [2.24, 2.45) is 0 Å². The fraction of sp³-hybridized carbons (Fsp3) is 0.375. The van der Waals surface area contributed by atoms with Crippen LogP contribution in [0.1, 0.15) is 26.0 Å². The number of anilines is 3. The normalized spacial score (nSPS) is 12.0. The van der Waals surface area contributed by atoms with Gasteiger partial charge in [0.25, 0.3) is 0 Å². The van der Waals surface area contributed by atoms with Crippen LogP contribution < -0.4 is 10.2 Å². The van der Waals surface area contributed by atoms with Crippen molar-refractivity contribution in [3.63, 3.8) is 0 Å². The Hall–Kier alpha value is -2.10. The van der Waals surface area contributed by atoms with Gasteiger partial charge in [-0.1, -0.05) is 25.1 Å². The standard InChI is InChI=1S/C16H22N4/c1-5-12(2)17-16-18-13(3)11-15(19-16)20(4)14-9-7-6-8-10-14/h6-12H,5H2,1-4H3,(H,17,18,19). The molecule has 20 heavy (non-hydrogen) atoms. The molecule has 4 heteroatoms. The summed E-state index contributed by atoms with van der Waals surface area (Å²) in [4.78, 5) is 11.1. The summed E-state index contributed by atoms with van der Waals surface area (Å²) in [6.45, 7) is 6.27. The highest BCUT2D eigenvalue weighted by molar-refractivity contribution is 5.60. The third kappa shape index (κ3) is 3.47. The van der Waals surface area contributed by atoms with E-state index in [1.54, 1.807) is 0 Å². The van der Waals surface area contributed by atoms with Crippen molar-refractivity contribution in [3.05, 3.63) is 42.1 Å². The molecule has 0 radical (unpaired) electrons. The van der Waals surface area contributed by atoms with Gasteiger partial charge in [0.1, 0.15) is 5.82 Å². The summed E-state index contributed by atoms with van der Waals surface area (Å²) in [7, 11) is 2.02. The third-order valence-corrected chi connectivity index (χ3v) is 3.32. The Morgan fingerprint density at radius 1 is 1.20 bits per heavy atom. The molecule has 0 aliphatic rings. The van der Waals surface area contributed by atoms with E-state index in [2.05, 4.69) is 46.2 Å². The molecular formula is C16H22N4. The Kier molecular flexibility index (Phi) is 4.56. The van der Waals surface area contributed by atoms with E-state index in [0.717, 1.165) is 23.6 Å². The predicted octanol–water partition coefficient (Wildman–Crippen LogP) is 3.76. The number of nitrogens with one attached hydrogen (secondary N) is 1. The fourth-order valence-electron chi connectivity index (χ4n) is 1.89. The zero-order chi connectivity index (χ0) is 14.5. The Labute approximate surface area is 120 Å². The average Bonchev–Trinajstić information content (AvgIpc) is 2.46. The Balaban J connectivity index is 2.28. The molecule has 0 saturated carbocycles. The van der Waals surface area contributed by atoms with Gasteiger partial charge >= 0.3 is 0 Å². The van der Waals surface area contributed by atoms with Crippen LogP contribution in [-0.2, 0) is 0 Å². The lowest BCUT2D eigenvalue weighted by Gasteiger charge is -2.20. The highest BCUT2D eigenvalue weighted by Crippen LogP contribution is 2.22. The number of aryl methyl sites for hydroxylation is 1. The van der Waals surface area contributed by atoms with Crippen LogP contribution in [0, 0.1) is 6.92 Å². The Bertz CT molecular complexity index is 554. The van der Waals surface area contributed by atoms with E-state index in [-0.39, 0.29) is 0 Å². The summed E-state index contributed by atoms with van der Waals surface area (Å²) < 4.78 is 0. The van der Waals surface area contributed by atoms with E-state index in [1.165, 1.54) is 0 Å². The van der Waals surface area contributed by atoms with Crippen LogP contribution in [0.25, 0.3) is 0 Å². The van der Waals surface area contributed by atoms with E-state index >= 15 is 0 Å². The van der Waals surface area contributed by atoms with Crippen molar-refractivity contribution in [1.29, 1.82) is 0 Å². The van der Waals surface area contributed by atoms with Gasteiger partial charge in [-0.2, -0.15) is 4.98 Å². The highest BCUT2D eigenvalue weighted by atomic mass is 15.2. The second kappa shape index (κ2) is 6.37. The van der Waals surface area contributed by atoms with E-state index < -0.39 is 0 Å². The molecule has 106 valence electrons. The number of para-hydroxylation sites is 1. The van der Waals surface area contributed by atoms with Crippen molar-refractivity contribution in [1.82, 2.24) is 9.97 Å². The monoisotopic (exact) mass is 270 g/mol. The fourth-order valence-corrected chi connectivity index (χ4v) is 1.89. The van der Waals surface area contributed by atoms with Gasteiger partial charge in [-0.25, -0.2) is 4.98 Å². The van der Waals surface area contributed by atoms with Gasteiger partial charge in [0.2, 0.25) is 5.95 Å². The maximum absolute atomic E-state index is 4.60. The molecule has 2 aromatic rings. The van der Waals surface area contributed by atoms with Crippen LogP contribution in [0.5, 0.6) is 0 Å². The topological polar surface area (TPSA) is 41.1 Å². The number of hydrogen-bond acceptors (Lipinski definition) is 4. The minimum Gasteiger partial charge on any atom is -0.352 e. The Morgan fingerprint density at radius 3 is 2.55 bits per heavy atom. The summed E-state index contributed by atoms with van der Waals surface area (Å²) in [5, 5.41) is 3.33. The van der Waals surface area contributed by atoms with E-state index in [9.17, 15) is 0 Å². The molecule has 1 N–H and O–H groups in total. The molecule has 0 amide bonds. The number of benzene rings is 1. The molecule has 1 aromatic carbocycles.